The molecule has 1 fully saturated rings. The maximum Gasteiger partial charge on any atom is 0.277 e. The fourth-order valence-corrected chi connectivity index (χ4v) is 2.48. The van der Waals surface area contributed by atoms with Gasteiger partial charge in [0.25, 0.3) is 5.91 Å². The van der Waals surface area contributed by atoms with Crippen LogP contribution in [0.15, 0.2) is 9.98 Å². The Balaban J connectivity index is 1.87. The third-order valence-corrected chi connectivity index (χ3v) is 3.36. The van der Waals surface area contributed by atoms with Crippen LogP contribution < -0.4 is 16.8 Å². The Kier molecular flexibility index (Phi) is 2.99. The van der Waals surface area contributed by atoms with E-state index >= 15 is 0 Å². The second kappa shape index (κ2) is 4.46. The van der Waals surface area contributed by atoms with Crippen molar-refractivity contribution in [1.29, 1.82) is 0 Å². The fraction of sp³-hybridized carbons (Fsp3) is 0.700. The van der Waals surface area contributed by atoms with E-state index in [1.54, 1.807) is 0 Å². The van der Waals surface area contributed by atoms with Crippen molar-refractivity contribution in [2.75, 3.05) is 13.3 Å². The molecule has 7 N–H and O–H groups in total. The van der Waals surface area contributed by atoms with Crippen LogP contribution in [-0.2, 0) is 9.53 Å². The number of aliphatic imine (C=N–C) groups is 2. The van der Waals surface area contributed by atoms with E-state index in [9.17, 15) is 9.90 Å². The minimum Gasteiger partial charge on any atom is -0.394 e. The van der Waals surface area contributed by atoms with Gasteiger partial charge < -0.3 is 25.2 Å². The highest BCUT2D eigenvalue weighted by atomic mass is 16.5. The molecule has 20 heavy (non-hydrogen) atoms. The van der Waals surface area contributed by atoms with Gasteiger partial charge in [-0.25, -0.2) is 4.99 Å². The highest BCUT2D eigenvalue weighted by Crippen LogP contribution is 2.26. The van der Waals surface area contributed by atoms with Crippen molar-refractivity contribution in [3.05, 3.63) is 0 Å². The van der Waals surface area contributed by atoms with Crippen LogP contribution in [0.3, 0.4) is 0 Å². The number of ether oxygens (including phenoxy) is 1. The van der Waals surface area contributed by atoms with Crippen molar-refractivity contribution in [3.63, 3.8) is 0 Å². The first kappa shape index (κ1) is 13.4. The van der Waals surface area contributed by atoms with Crippen molar-refractivity contribution >= 4 is 17.5 Å². The molecule has 0 aromatic carbocycles. The van der Waals surface area contributed by atoms with Crippen LogP contribution in [-0.4, -0.2) is 70.2 Å². The number of aliphatic hydroxyl groups excluding tert-OH is 2. The lowest BCUT2D eigenvalue weighted by Crippen LogP contribution is -2.68. The molecule has 3 heterocycles. The third-order valence-electron chi connectivity index (χ3n) is 3.36. The quantitative estimate of drug-likeness (QED) is 0.325. The normalized spacial score (nSPS) is 35.5. The lowest BCUT2D eigenvalue weighted by molar-refractivity contribution is -0.116. The fourth-order valence-electron chi connectivity index (χ4n) is 2.48. The largest absolute Gasteiger partial charge is 0.394 e. The molecule has 10 heteroatoms. The Morgan fingerprint density at radius 3 is 2.95 bits per heavy atom. The molecule has 3 aliphatic rings. The van der Waals surface area contributed by atoms with E-state index in [-0.39, 0.29) is 24.8 Å². The third kappa shape index (κ3) is 2.07. The smallest absolute Gasteiger partial charge is 0.277 e. The van der Waals surface area contributed by atoms with Crippen LogP contribution in [0.5, 0.6) is 0 Å². The molecule has 1 amide bonds. The second-order valence-corrected chi connectivity index (χ2v) is 4.97. The number of carbonyl (C=O) groups excluding carboxylic acids is 1. The summed E-state index contributed by atoms with van der Waals surface area (Å²) in [6.45, 7) is -0.0860. The van der Waals surface area contributed by atoms with Gasteiger partial charge >= 0.3 is 0 Å². The Morgan fingerprint density at radius 2 is 2.30 bits per heavy atom. The number of amidine groups is 1. The summed E-state index contributed by atoms with van der Waals surface area (Å²) in [6, 6.07) is 0. The van der Waals surface area contributed by atoms with Crippen LogP contribution in [0.1, 0.15) is 6.42 Å². The van der Waals surface area contributed by atoms with E-state index in [1.807, 2.05) is 0 Å². The van der Waals surface area contributed by atoms with E-state index in [0.717, 1.165) is 0 Å². The van der Waals surface area contributed by atoms with E-state index in [4.69, 9.17) is 21.3 Å². The summed E-state index contributed by atoms with van der Waals surface area (Å²) in [6.07, 6.45) is -1.73. The zero-order chi connectivity index (χ0) is 14.5. The van der Waals surface area contributed by atoms with Gasteiger partial charge in [-0.1, -0.05) is 0 Å². The van der Waals surface area contributed by atoms with Crippen molar-refractivity contribution in [3.8, 4) is 0 Å². The molecule has 0 aromatic heterocycles. The Morgan fingerprint density at radius 1 is 1.55 bits per heavy atom. The Bertz CT molecular complexity index is 504. The molecule has 3 aliphatic heterocycles. The van der Waals surface area contributed by atoms with E-state index in [1.165, 1.54) is 4.90 Å². The average molecular weight is 284 g/mol. The van der Waals surface area contributed by atoms with Crippen molar-refractivity contribution < 1.29 is 19.7 Å². The zero-order valence-electron chi connectivity index (χ0n) is 10.6. The van der Waals surface area contributed by atoms with Crippen molar-refractivity contribution in [2.24, 2.45) is 21.5 Å². The van der Waals surface area contributed by atoms with Gasteiger partial charge in [0.1, 0.15) is 12.8 Å². The van der Waals surface area contributed by atoms with E-state index < -0.39 is 30.3 Å². The van der Waals surface area contributed by atoms with E-state index in [0.29, 0.717) is 6.42 Å². The molecule has 0 spiro atoms. The molecule has 0 aliphatic carbocycles. The molecular weight excluding hydrogens is 268 g/mol. The number of carbonyl (C=O) groups is 1. The molecule has 1 saturated heterocycles. The minimum atomic E-state index is -1.71. The van der Waals surface area contributed by atoms with Gasteiger partial charge in [0.05, 0.1) is 12.7 Å². The number of rotatable bonds is 2. The molecule has 0 bridgehead atoms. The first-order chi connectivity index (χ1) is 9.41. The van der Waals surface area contributed by atoms with Gasteiger partial charge in [-0.05, 0) is 0 Å². The molecule has 110 valence electrons. The molecule has 3 atom stereocenters. The molecule has 0 radical (unpaired) electrons. The van der Waals surface area contributed by atoms with Crippen molar-refractivity contribution in [2.45, 2.75) is 30.8 Å². The van der Waals surface area contributed by atoms with Crippen LogP contribution in [0.4, 0.5) is 0 Å². The second-order valence-electron chi connectivity index (χ2n) is 4.97. The number of fused-ring (bicyclic) bond motifs is 1. The summed E-state index contributed by atoms with van der Waals surface area (Å²) in [7, 11) is 0. The number of aliphatic hydroxyl groups is 2. The monoisotopic (exact) mass is 284 g/mol. The molecule has 0 saturated carbocycles. The highest BCUT2D eigenvalue weighted by molar-refractivity contribution is 6.67. The number of nitrogens with one attached hydrogen (secondary N) is 1. The van der Waals surface area contributed by atoms with Gasteiger partial charge in [0.2, 0.25) is 5.91 Å². The van der Waals surface area contributed by atoms with Crippen LogP contribution in [0.2, 0.25) is 0 Å². The zero-order valence-corrected chi connectivity index (χ0v) is 10.6. The summed E-state index contributed by atoms with van der Waals surface area (Å²) in [5.41, 5.74) is 11.3. The number of nitrogens with two attached hydrogens (primary N) is 2. The number of amides is 1. The number of nitrogens with zero attached hydrogens (tertiary/aromatic N) is 3. The van der Waals surface area contributed by atoms with Crippen molar-refractivity contribution in [1.82, 2.24) is 10.2 Å². The Labute approximate surface area is 114 Å². The van der Waals surface area contributed by atoms with E-state index in [2.05, 4.69) is 15.3 Å². The summed E-state index contributed by atoms with van der Waals surface area (Å²) in [5.74, 6) is -2.04. The van der Waals surface area contributed by atoms with Gasteiger partial charge in [-0.2, -0.15) is 0 Å². The summed E-state index contributed by atoms with van der Waals surface area (Å²) >= 11 is 0. The predicted octanol–water partition coefficient (Wildman–Crippen LogP) is -3.77. The van der Waals surface area contributed by atoms with Crippen LogP contribution >= 0.6 is 0 Å². The van der Waals surface area contributed by atoms with Gasteiger partial charge in [0.15, 0.2) is 17.8 Å². The SMILES string of the molecule is NC1(N)N=C2C(=NCN2[C@@H]2O[C@H](CO)C[C@H]2O)C(=O)N1. The lowest BCUT2D eigenvalue weighted by Gasteiger charge is -2.32. The lowest BCUT2D eigenvalue weighted by atomic mass is 10.2. The molecule has 10 nitrogen and oxygen atoms in total. The van der Waals surface area contributed by atoms with Crippen LogP contribution in [0, 0.1) is 0 Å². The number of hydrogen-bond acceptors (Lipinski definition) is 9. The van der Waals surface area contributed by atoms with Gasteiger partial charge in [-0.15, -0.1) is 0 Å². The molecule has 0 aromatic rings. The summed E-state index contributed by atoms with van der Waals surface area (Å²) in [5, 5.41) is 21.4. The molecular formula is C10H16N6O4. The van der Waals surface area contributed by atoms with Crippen LogP contribution in [0.25, 0.3) is 0 Å². The predicted molar refractivity (Wildman–Crippen MR) is 67.2 cm³/mol. The summed E-state index contributed by atoms with van der Waals surface area (Å²) < 4.78 is 5.52. The molecule has 3 rings (SSSR count). The Hall–Kier alpha value is -1.59. The molecule has 0 unspecified atom stereocenters. The number of hydrogen-bond donors (Lipinski definition) is 5. The minimum absolute atomic E-state index is 0.109. The standard InChI is InChI=1S/C10H16N6O4/c11-10(12)14-7-6(8(19)15-10)13-3-16(7)9-5(18)1-4(2-17)20-9/h4-5,9,17-18H,1-3,11-12H2,(H,15,19)/t4-,5+,9+/m0/s1. The maximum absolute atomic E-state index is 11.8. The topological polar surface area (TPSA) is 159 Å². The average Bonchev–Trinajstić information content (AvgIpc) is 2.91. The summed E-state index contributed by atoms with van der Waals surface area (Å²) in [4.78, 5) is 21.4. The highest BCUT2D eigenvalue weighted by Gasteiger charge is 2.46. The van der Waals surface area contributed by atoms with Gasteiger partial charge in [0, 0.05) is 6.42 Å². The van der Waals surface area contributed by atoms with Gasteiger partial charge in [-0.3, -0.25) is 21.3 Å². The first-order valence-corrected chi connectivity index (χ1v) is 6.17. The maximum atomic E-state index is 11.8. The first-order valence-electron chi connectivity index (χ1n) is 6.17.